The van der Waals surface area contributed by atoms with Crippen molar-refractivity contribution in [2.45, 2.75) is 26.2 Å². The lowest BCUT2D eigenvalue weighted by Crippen LogP contribution is -2.41. The van der Waals surface area contributed by atoms with E-state index in [4.69, 9.17) is 0 Å². The van der Waals surface area contributed by atoms with Crippen molar-refractivity contribution in [2.75, 3.05) is 46.8 Å². The lowest BCUT2D eigenvalue weighted by atomic mass is 10.1. The van der Waals surface area contributed by atoms with Gasteiger partial charge in [0.2, 0.25) is 0 Å². The normalized spacial score (nSPS) is 20.6. The van der Waals surface area contributed by atoms with Gasteiger partial charge in [-0.2, -0.15) is 0 Å². The number of hydrogen-bond donors (Lipinski definition) is 1. The minimum absolute atomic E-state index is 0.762. The highest BCUT2D eigenvalue weighted by Gasteiger charge is 2.21. The molecule has 110 valence electrons. The Morgan fingerprint density at radius 3 is 2.95 bits per heavy atom. The van der Waals surface area contributed by atoms with E-state index in [-0.39, 0.29) is 0 Å². The van der Waals surface area contributed by atoms with Crippen LogP contribution in [0.1, 0.15) is 26.2 Å². The lowest BCUT2D eigenvalue weighted by Gasteiger charge is -2.23. The third-order valence-corrected chi connectivity index (χ3v) is 3.84. The van der Waals surface area contributed by atoms with E-state index in [9.17, 15) is 0 Å². The first-order chi connectivity index (χ1) is 9.21. The monoisotopic (exact) mass is 266 g/mol. The molecule has 1 rings (SSSR count). The number of allylic oxidation sites excluding steroid dienone is 1. The summed E-state index contributed by atoms with van der Waals surface area (Å²) in [6.45, 7) is 11.7. The number of nitrogens with zero attached hydrogens (tertiary/aromatic N) is 3. The summed E-state index contributed by atoms with van der Waals surface area (Å²) in [5, 5.41) is 3.51. The zero-order chi connectivity index (χ0) is 14.1. The van der Waals surface area contributed by atoms with Crippen molar-refractivity contribution >= 4 is 5.96 Å². The number of aliphatic imine (C=N–C) groups is 1. The summed E-state index contributed by atoms with van der Waals surface area (Å²) in [6.07, 6.45) is 5.48. The van der Waals surface area contributed by atoms with Crippen LogP contribution in [0, 0.1) is 5.92 Å². The third-order valence-electron chi connectivity index (χ3n) is 3.84. The smallest absolute Gasteiger partial charge is 0.193 e. The predicted octanol–water partition coefficient (Wildman–Crippen LogP) is 1.80. The molecular weight excluding hydrogens is 236 g/mol. The molecule has 0 aromatic carbocycles. The first-order valence-corrected chi connectivity index (χ1v) is 7.46. The molecule has 0 bridgehead atoms. The standard InChI is InChI=1S/C15H30N4/c1-5-7-8-10-18(4)15(16-3)17-12-14-9-11-19(6-2)13-14/h5,14H,1,6-13H2,2-4H3,(H,16,17). The van der Waals surface area contributed by atoms with Gasteiger partial charge in [-0.1, -0.05) is 13.0 Å². The van der Waals surface area contributed by atoms with Crippen molar-refractivity contribution in [3.05, 3.63) is 12.7 Å². The molecule has 1 fully saturated rings. The maximum atomic E-state index is 4.36. The van der Waals surface area contributed by atoms with E-state index < -0.39 is 0 Å². The molecule has 0 aliphatic carbocycles. The van der Waals surface area contributed by atoms with Gasteiger partial charge in [0, 0.05) is 33.7 Å². The quantitative estimate of drug-likeness (QED) is 0.330. The number of hydrogen-bond acceptors (Lipinski definition) is 2. The second kappa shape index (κ2) is 8.97. The Kier molecular flexibility index (Phi) is 7.56. The van der Waals surface area contributed by atoms with Crippen LogP contribution in [0.5, 0.6) is 0 Å². The Morgan fingerprint density at radius 1 is 1.58 bits per heavy atom. The average Bonchev–Trinajstić information content (AvgIpc) is 2.88. The van der Waals surface area contributed by atoms with Gasteiger partial charge in [-0.25, -0.2) is 0 Å². The van der Waals surface area contributed by atoms with Crippen LogP contribution in [0.2, 0.25) is 0 Å². The van der Waals surface area contributed by atoms with Crippen LogP contribution in [0.3, 0.4) is 0 Å². The summed E-state index contributed by atoms with van der Waals surface area (Å²) < 4.78 is 0. The van der Waals surface area contributed by atoms with E-state index >= 15 is 0 Å². The Labute approximate surface area is 118 Å². The fourth-order valence-corrected chi connectivity index (χ4v) is 2.57. The number of unbranched alkanes of at least 4 members (excludes halogenated alkanes) is 1. The Morgan fingerprint density at radius 2 is 2.37 bits per heavy atom. The zero-order valence-electron chi connectivity index (χ0n) is 12.9. The summed E-state index contributed by atoms with van der Waals surface area (Å²) in [6, 6.07) is 0. The van der Waals surface area contributed by atoms with Crippen LogP contribution in [-0.2, 0) is 0 Å². The summed E-state index contributed by atoms with van der Waals surface area (Å²) in [5.41, 5.74) is 0. The van der Waals surface area contributed by atoms with Gasteiger partial charge in [0.05, 0.1) is 0 Å². The van der Waals surface area contributed by atoms with Crippen LogP contribution in [-0.4, -0.2) is 62.6 Å². The molecule has 1 aliphatic heterocycles. The van der Waals surface area contributed by atoms with Crippen LogP contribution >= 0.6 is 0 Å². The maximum absolute atomic E-state index is 4.36. The molecule has 0 radical (unpaired) electrons. The Bertz CT molecular complexity index is 288. The SMILES string of the molecule is C=CCCCN(C)C(=NC)NCC1CCN(CC)C1. The van der Waals surface area contributed by atoms with Gasteiger partial charge in [0.1, 0.15) is 0 Å². The van der Waals surface area contributed by atoms with Crippen LogP contribution < -0.4 is 5.32 Å². The molecule has 4 heteroatoms. The molecule has 0 amide bonds. The van der Waals surface area contributed by atoms with Gasteiger partial charge in [-0.15, -0.1) is 6.58 Å². The number of guanidine groups is 1. The highest BCUT2D eigenvalue weighted by atomic mass is 15.3. The van der Waals surface area contributed by atoms with E-state index in [1.165, 1.54) is 26.1 Å². The zero-order valence-corrected chi connectivity index (χ0v) is 12.9. The van der Waals surface area contributed by atoms with Crippen molar-refractivity contribution in [1.29, 1.82) is 0 Å². The minimum Gasteiger partial charge on any atom is -0.356 e. The first-order valence-electron chi connectivity index (χ1n) is 7.46. The number of nitrogens with one attached hydrogen (secondary N) is 1. The molecular formula is C15H30N4. The van der Waals surface area contributed by atoms with Crippen molar-refractivity contribution in [3.63, 3.8) is 0 Å². The number of rotatable bonds is 7. The highest BCUT2D eigenvalue weighted by Crippen LogP contribution is 2.14. The van der Waals surface area contributed by atoms with Crippen molar-refractivity contribution in [3.8, 4) is 0 Å². The largest absolute Gasteiger partial charge is 0.356 e. The maximum Gasteiger partial charge on any atom is 0.193 e. The molecule has 1 atom stereocenters. The van der Waals surface area contributed by atoms with Gasteiger partial charge < -0.3 is 15.1 Å². The summed E-state index contributed by atoms with van der Waals surface area (Å²) in [4.78, 5) is 9.08. The molecule has 1 aliphatic rings. The first kappa shape index (κ1) is 16.0. The van der Waals surface area contributed by atoms with Gasteiger partial charge >= 0.3 is 0 Å². The fourth-order valence-electron chi connectivity index (χ4n) is 2.57. The third kappa shape index (κ3) is 5.64. The summed E-state index contributed by atoms with van der Waals surface area (Å²) >= 11 is 0. The van der Waals surface area contributed by atoms with E-state index in [1.54, 1.807) is 0 Å². The molecule has 0 aromatic heterocycles. The topological polar surface area (TPSA) is 30.9 Å². The van der Waals surface area contributed by atoms with Crippen LogP contribution in [0.25, 0.3) is 0 Å². The van der Waals surface area contributed by atoms with Crippen molar-refractivity contribution in [1.82, 2.24) is 15.1 Å². The van der Waals surface area contributed by atoms with Gasteiger partial charge in [0.15, 0.2) is 5.96 Å². The van der Waals surface area contributed by atoms with Crippen LogP contribution in [0.15, 0.2) is 17.6 Å². The second-order valence-electron chi connectivity index (χ2n) is 5.33. The van der Waals surface area contributed by atoms with Gasteiger partial charge in [-0.3, -0.25) is 4.99 Å². The molecule has 4 nitrogen and oxygen atoms in total. The molecule has 1 saturated heterocycles. The molecule has 19 heavy (non-hydrogen) atoms. The fraction of sp³-hybridized carbons (Fsp3) is 0.800. The summed E-state index contributed by atoms with van der Waals surface area (Å²) in [5.74, 6) is 1.78. The van der Waals surface area contributed by atoms with Gasteiger partial charge in [-0.05, 0) is 38.3 Å². The van der Waals surface area contributed by atoms with Gasteiger partial charge in [0.25, 0.3) is 0 Å². The molecule has 1 heterocycles. The van der Waals surface area contributed by atoms with Crippen LogP contribution in [0.4, 0.5) is 0 Å². The van der Waals surface area contributed by atoms with E-state index in [2.05, 4.69) is 40.7 Å². The highest BCUT2D eigenvalue weighted by molar-refractivity contribution is 5.79. The van der Waals surface area contributed by atoms with E-state index in [1.807, 2.05) is 13.1 Å². The predicted molar refractivity (Wildman–Crippen MR) is 83.6 cm³/mol. The Balaban J connectivity index is 2.27. The molecule has 0 aromatic rings. The lowest BCUT2D eigenvalue weighted by molar-refractivity contribution is 0.340. The molecule has 0 spiro atoms. The van der Waals surface area contributed by atoms with E-state index in [0.29, 0.717) is 0 Å². The number of likely N-dealkylation sites (tertiary alicyclic amines) is 1. The minimum atomic E-state index is 0.762. The second-order valence-corrected chi connectivity index (χ2v) is 5.33. The molecule has 1 unspecified atom stereocenters. The molecule has 0 saturated carbocycles. The van der Waals surface area contributed by atoms with Crippen molar-refractivity contribution < 1.29 is 0 Å². The summed E-state index contributed by atoms with van der Waals surface area (Å²) in [7, 11) is 3.96. The molecule has 1 N–H and O–H groups in total. The Hall–Kier alpha value is -1.03. The van der Waals surface area contributed by atoms with E-state index in [0.717, 1.165) is 37.8 Å². The van der Waals surface area contributed by atoms with Crippen molar-refractivity contribution in [2.24, 2.45) is 10.9 Å². The average molecular weight is 266 g/mol.